The number of benzene rings is 2. The number of hydrogen-bond acceptors (Lipinski definition) is 6. The number of amides is 1. The van der Waals surface area contributed by atoms with Crippen LogP contribution in [0, 0.1) is 10.1 Å². The molecule has 9 nitrogen and oxygen atoms in total. The predicted molar refractivity (Wildman–Crippen MR) is 107 cm³/mol. The Balaban J connectivity index is 1.89. The zero-order valence-electron chi connectivity index (χ0n) is 15.5. The van der Waals surface area contributed by atoms with Gasteiger partial charge in [0.2, 0.25) is 15.9 Å². The first kappa shape index (κ1) is 21.3. The molecule has 0 saturated carbocycles. The van der Waals surface area contributed by atoms with Crippen molar-refractivity contribution in [2.45, 2.75) is 31.2 Å². The molecule has 2 rings (SSSR count). The standard InChI is InChI=1S/C18H22N4O5S/c1-13(2)21-28(26,27)15-9-7-14(8-10-15)20-18(23)11-12-19-16-5-3-4-6-17(16)22(24)25/h3-10,13,19,21H,11-12H2,1-2H3,(H,20,23). The Hall–Kier alpha value is -2.98. The van der Waals surface area contributed by atoms with Crippen molar-refractivity contribution in [1.82, 2.24) is 4.72 Å². The van der Waals surface area contributed by atoms with Gasteiger partial charge in [0.25, 0.3) is 5.69 Å². The zero-order valence-corrected chi connectivity index (χ0v) is 16.3. The van der Waals surface area contributed by atoms with E-state index in [0.29, 0.717) is 11.4 Å². The Labute approximate surface area is 163 Å². The highest BCUT2D eigenvalue weighted by Crippen LogP contribution is 2.23. The van der Waals surface area contributed by atoms with Crippen molar-refractivity contribution in [2.24, 2.45) is 0 Å². The number of nitro groups is 1. The first-order chi connectivity index (χ1) is 13.2. The Morgan fingerprint density at radius 1 is 1.11 bits per heavy atom. The molecule has 150 valence electrons. The lowest BCUT2D eigenvalue weighted by molar-refractivity contribution is -0.384. The minimum atomic E-state index is -3.59. The van der Waals surface area contributed by atoms with Crippen LogP contribution in [0.4, 0.5) is 17.1 Å². The molecule has 2 aromatic carbocycles. The lowest BCUT2D eigenvalue weighted by atomic mass is 10.2. The van der Waals surface area contributed by atoms with Crippen LogP contribution < -0.4 is 15.4 Å². The summed E-state index contributed by atoms with van der Waals surface area (Å²) in [5, 5.41) is 16.5. The number of para-hydroxylation sites is 2. The van der Waals surface area contributed by atoms with Gasteiger partial charge in [-0.1, -0.05) is 12.1 Å². The average Bonchev–Trinajstić information content (AvgIpc) is 2.61. The molecular weight excluding hydrogens is 384 g/mol. The highest BCUT2D eigenvalue weighted by atomic mass is 32.2. The SMILES string of the molecule is CC(C)NS(=O)(=O)c1ccc(NC(=O)CCNc2ccccc2[N+](=O)[O-])cc1. The third-order valence-electron chi connectivity index (χ3n) is 3.61. The molecule has 0 aliphatic carbocycles. The molecule has 3 N–H and O–H groups in total. The molecule has 0 unspecified atom stereocenters. The number of sulfonamides is 1. The molecular formula is C18H22N4O5S. The molecule has 2 aromatic rings. The van der Waals surface area contributed by atoms with Gasteiger partial charge in [-0.2, -0.15) is 0 Å². The van der Waals surface area contributed by atoms with Crippen molar-refractivity contribution in [2.75, 3.05) is 17.2 Å². The van der Waals surface area contributed by atoms with Gasteiger partial charge in [0.1, 0.15) is 5.69 Å². The number of carbonyl (C=O) groups is 1. The molecule has 28 heavy (non-hydrogen) atoms. The topological polar surface area (TPSA) is 130 Å². The fourth-order valence-electron chi connectivity index (χ4n) is 2.41. The predicted octanol–water partition coefficient (Wildman–Crippen LogP) is 2.72. The minimum Gasteiger partial charge on any atom is -0.379 e. The van der Waals surface area contributed by atoms with E-state index in [4.69, 9.17) is 0 Å². The maximum atomic E-state index is 12.1. The second-order valence-electron chi connectivity index (χ2n) is 6.30. The molecule has 0 aliphatic rings. The van der Waals surface area contributed by atoms with Crippen LogP contribution in [0.3, 0.4) is 0 Å². The van der Waals surface area contributed by atoms with E-state index in [2.05, 4.69) is 15.4 Å². The summed E-state index contributed by atoms with van der Waals surface area (Å²) in [7, 11) is -3.59. The molecule has 0 saturated heterocycles. The van der Waals surface area contributed by atoms with E-state index in [9.17, 15) is 23.3 Å². The molecule has 0 atom stereocenters. The van der Waals surface area contributed by atoms with Gasteiger partial charge in [-0.05, 0) is 44.2 Å². The van der Waals surface area contributed by atoms with Crippen LogP contribution in [-0.4, -0.2) is 31.8 Å². The maximum Gasteiger partial charge on any atom is 0.292 e. The maximum absolute atomic E-state index is 12.1. The third kappa shape index (κ3) is 6.03. The van der Waals surface area contributed by atoms with Crippen molar-refractivity contribution in [3.63, 3.8) is 0 Å². The molecule has 0 aromatic heterocycles. The summed E-state index contributed by atoms with van der Waals surface area (Å²) < 4.78 is 26.6. The lowest BCUT2D eigenvalue weighted by Crippen LogP contribution is -2.30. The summed E-state index contributed by atoms with van der Waals surface area (Å²) in [6, 6.07) is 11.8. The molecule has 0 bridgehead atoms. The van der Waals surface area contributed by atoms with E-state index in [1.807, 2.05) is 0 Å². The quantitative estimate of drug-likeness (QED) is 0.433. The highest BCUT2D eigenvalue weighted by Gasteiger charge is 2.15. The van der Waals surface area contributed by atoms with E-state index in [0.717, 1.165) is 0 Å². The molecule has 10 heteroatoms. The van der Waals surface area contributed by atoms with Gasteiger partial charge in [0, 0.05) is 30.8 Å². The van der Waals surface area contributed by atoms with Crippen LogP contribution in [0.2, 0.25) is 0 Å². The number of nitrogens with zero attached hydrogens (tertiary/aromatic N) is 1. The summed E-state index contributed by atoms with van der Waals surface area (Å²) in [6.45, 7) is 3.66. The van der Waals surface area contributed by atoms with Crippen molar-refractivity contribution in [3.8, 4) is 0 Å². The molecule has 0 fully saturated rings. The largest absolute Gasteiger partial charge is 0.379 e. The number of carbonyl (C=O) groups excluding carboxylic acids is 1. The van der Waals surface area contributed by atoms with Gasteiger partial charge in [-0.25, -0.2) is 13.1 Å². The van der Waals surface area contributed by atoms with E-state index < -0.39 is 14.9 Å². The first-order valence-corrected chi connectivity index (χ1v) is 10.1. The highest BCUT2D eigenvalue weighted by molar-refractivity contribution is 7.89. The van der Waals surface area contributed by atoms with Gasteiger partial charge in [0.15, 0.2) is 0 Å². The van der Waals surface area contributed by atoms with Crippen LogP contribution in [0.15, 0.2) is 53.4 Å². The lowest BCUT2D eigenvalue weighted by Gasteiger charge is -2.11. The average molecular weight is 406 g/mol. The number of rotatable bonds is 9. The Morgan fingerprint density at radius 2 is 1.75 bits per heavy atom. The van der Waals surface area contributed by atoms with Gasteiger partial charge < -0.3 is 10.6 Å². The number of anilines is 2. The van der Waals surface area contributed by atoms with Gasteiger partial charge in [0.05, 0.1) is 9.82 Å². The zero-order chi connectivity index (χ0) is 20.7. The molecule has 0 heterocycles. The summed E-state index contributed by atoms with van der Waals surface area (Å²) in [4.78, 5) is 22.6. The summed E-state index contributed by atoms with van der Waals surface area (Å²) >= 11 is 0. The van der Waals surface area contributed by atoms with Crippen molar-refractivity contribution in [3.05, 3.63) is 58.6 Å². The molecule has 0 aliphatic heterocycles. The summed E-state index contributed by atoms with van der Waals surface area (Å²) in [5.41, 5.74) is 0.737. The van der Waals surface area contributed by atoms with Crippen LogP contribution in [0.1, 0.15) is 20.3 Å². The second kappa shape index (κ2) is 9.29. The van der Waals surface area contributed by atoms with Crippen LogP contribution in [0.5, 0.6) is 0 Å². The smallest absolute Gasteiger partial charge is 0.292 e. The third-order valence-corrected chi connectivity index (χ3v) is 5.28. The second-order valence-corrected chi connectivity index (χ2v) is 8.01. The fourth-order valence-corrected chi connectivity index (χ4v) is 3.66. The Morgan fingerprint density at radius 3 is 2.36 bits per heavy atom. The fraction of sp³-hybridized carbons (Fsp3) is 0.278. The van der Waals surface area contributed by atoms with Gasteiger partial charge >= 0.3 is 0 Å². The minimum absolute atomic E-state index is 0.0605. The Bertz CT molecular complexity index is 943. The van der Waals surface area contributed by atoms with E-state index in [1.165, 1.54) is 30.3 Å². The normalized spacial score (nSPS) is 11.2. The summed E-state index contributed by atoms with van der Waals surface area (Å²) in [6.07, 6.45) is 0.0843. The number of nitrogens with one attached hydrogen (secondary N) is 3. The molecule has 1 amide bonds. The van der Waals surface area contributed by atoms with Crippen molar-refractivity contribution < 1.29 is 18.1 Å². The summed E-state index contributed by atoms with van der Waals surface area (Å²) in [5.74, 6) is -0.304. The van der Waals surface area contributed by atoms with E-state index >= 15 is 0 Å². The number of hydrogen-bond donors (Lipinski definition) is 3. The molecule has 0 radical (unpaired) electrons. The van der Waals surface area contributed by atoms with Crippen LogP contribution in [0.25, 0.3) is 0 Å². The van der Waals surface area contributed by atoms with E-state index in [1.54, 1.807) is 32.0 Å². The van der Waals surface area contributed by atoms with Crippen LogP contribution in [-0.2, 0) is 14.8 Å². The monoisotopic (exact) mass is 406 g/mol. The van der Waals surface area contributed by atoms with Crippen molar-refractivity contribution >= 4 is 33.0 Å². The molecule has 0 spiro atoms. The number of nitro benzene ring substituents is 1. The first-order valence-electron chi connectivity index (χ1n) is 8.58. The Kier molecular flexibility index (Phi) is 7.07. The van der Waals surface area contributed by atoms with Crippen LogP contribution >= 0.6 is 0 Å². The van der Waals surface area contributed by atoms with Gasteiger partial charge in [-0.3, -0.25) is 14.9 Å². The van der Waals surface area contributed by atoms with Crippen molar-refractivity contribution in [1.29, 1.82) is 0 Å². The van der Waals surface area contributed by atoms with E-state index in [-0.39, 0.29) is 35.5 Å². The van der Waals surface area contributed by atoms with Gasteiger partial charge in [-0.15, -0.1) is 0 Å².